The molecule has 0 bridgehead atoms. The van der Waals surface area contributed by atoms with Gasteiger partial charge in [-0.15, -0.1) is 0 Å². The number of hydrogen-bond acceptors (Lipinski definition) is 1. The van der Waals surface area contributed by atoms with Gasteiger partial charge >= 0.3 is 0 Å². The quantitative estimate of drug-likeness (QED) is 0.541. The SMILES string of the molecule is C=C/C=C/n1cccn1. The van der Waals surface area contributed by atoms with Crippen LogP contribution in [0.15, 0.2) is 37.2 Å². The third-order valence-electron chi connectivity index (χ3n) is 0.900. The molecule has 1 heterocycles. The number of hydrogen-bond donors (Lipinski definition) is 0. The molecule has 2 nitrogen and oxygen atoms in total. The van der Waals surface area contributed by atoms with Gasteiger partial charge in [-0.05, 0) is 12.1 Å². The molecular formula is C7H8N2. The molecule has 1 aromatic heterocycles. The molecule has 0 unspecified atom stereocenters. The first-order valence-electron chi connectivity index (χ1n) is 2.72. The summed E-state index contributed by atoms with van der Waals surface area (Å²) in [6, 6.07) is 1.87. The summed E-state index contributed by atoms with van der Waals surface area (Å²) in [6.07, 6.45) is 8.95. The maximum atomic E-state index is 3.94. The normalized spacial score (nSPS) is 10.2. The summed E-state index contributed by atoms with van der Waals surface area (Å²) in [4.78, 5) is 0. The molecule has 0 aliphatic carbocycles. The van der Waals surface area contributed by atoms with E-state index in [0.717, 1.165) is 0 Å². The van der Waals surface area contributed by atoms with Gasteiger partial charge in [-0.3, -0.25) is 0 Å². The van der Waals surface area contributed by atoms with Crippen molar-refractivity contribution in [2.45, 2.75) is 0 Å². The third-order valence-corrected chi connectivity index (χ3v) is 0.900. The van der Waals surface area contributed by atoms with Gasteiger partial charge in [0.15, 0.2) is 0 Å². The fourth-order valence-corrected chi connectivity index (χ4v) is 0.518. The average molecular weight is 120 g/mol. The molecule has 46 valence electrons. The summed E-state index contributed by atoms with van der Waals surface area (Å²) in [7, 11) is 0. The minimum Gasteiger partial charge on any atom is -0.248 e. The minimum absolute atomic E-state index is 1.71. The summed E-state index contributed by atoms with van der Waals surface area (Å²) >= 11 is 0. The fraction of sp³-hybridized carbons (Fsp3) is 0. The predicted octanol–water partition coefficient (Wildman–Crippen LogP) is 1.54. The van der Waals surface area contributed by atoms with Gasteiger partial charge in [0, 0.05) is 18.6 Å². The zero-order valence-corrected chi connectivity index (χ0v) is 5.07. The summed E-state index contributed by atoms with van der Waals surface area (Å²) < 4.78 is 1.71. The Bertz CT molecular complexity index is 197. The van der Waals surface area contributed by atoms with Crippen LogP contribution in [-0.2, 0) is 0 Å². The van der Waals surface area contributed by atoms with Crippen molar-refractivity contribution in [3.8, 4) is 0 Å². The smallest absolute Gasteiger partial charge is 0.0493 e. The van der Waals surface area contributed by atoms with E-state index in [4.69, 9.17) is 0 Å². The molecule has 0 spiro atoms. The van der Waals surface area contributed by atoms with Crippen LogP contribution in [0.25, 0.3) is 6.20 Å². The van der Waals surface area contributed by atoms with Crippen LogP contribution < -0.4 is 0 Å². The van der Waals surface area contributed by atoms with Crippen molar-refractivity contribution in [2.75, 3.05) is 0 Å². The molecule has 1 rings (SSSR count). The van der Waals surface area contributed by atoms with E-state index in [2.05, 4.69) is 11.7 Å². The summed E-state index contributed by atoms with van der Waals surface area (Å²) in [5, 5.41) is 3.94. The van der Waals surface area contributed by atoms with E-state index >= 15 is 0 Å². The average Bonchev–Trinajstić information content (AvgIpc) is 2.34. The summed E-state index contributed by atoms with van der Waals surface area (Å²) in [5.74, 6) is 0. The lowest BCUT2D eigenvalue weighted by molar-refractivity contribution is 0.935. The van der Waals surface area contributed by atoms with Gasteiger partial charge in [-0.1, -0.05) is 12.7 Å². The first-order valence-corrected chi connectivity index (χ1v) is 2.72. The third kappa shape index (κ3) is 1.57. The number of rotatable bonds is 2. The Morgan fingerprint density at radius 2 is 2.44 bits per heavy atom. The van der Waals surface area contributed by atoms with E-state index in [0.29, 0.717) is 0 Å². The first-order chi connectivity index (χ1) is 4.43. The highest BCUT2D eigenvalue weighted by Gasteiger charge is 1.75. The van der Waals surface area contributed by atoms with Crippen LogP contribution in [0.1, 0.15) is 0 Å². The summed E-state index contributed by atoms with van der Waals surface area (Å²) in [6.45, 7) is 3.53. The van der Waals surface area contributed by atoms with Crippen molar-refractivity contribution in [3.63, 3.8) is 0 Å². The second-order valence-electron chi connectivity index (χ2n) is 1.56. The van der Waals surface area contributed by atoms with Gasteiger partial charge in [-0.2, -0.15) is 5.10 Å². The molecule has 0 saturated heterocycles. The van der Waals surface area contributed by atoms with Crippen molar-refractivity contribution in [2.24, 2.45) is 0 Å². The van der Waals surface area contributed by atoms with Crippen LogP contribution in [0.5, 0.6) is 0 Å². The Balaban J connectivity index is 2.67. The molecule has 0 saturated carbocycles. The first kappa shape index (κ1) is 5.82. The van der Waals surface area contributed by atoms with Gasteiger partial charge in [0.25, 0.3) is 0 Å². The van der Waals surface area contributed by atoms with Gasteiger partial charge in [0.05, 0.1) is 0 Å². The van der Waals surface area contributed by atoms with Crippen molar-refractivity contribution < 1.29 is 0 Å². The van der Waals surface area contributed by atoms with E-state index in [1.54, 1.807) is 17.0 Å². The van der Waals surface area contributed by atoms with Crippen molar-refractivity contribution in [1.29, 1.82) is 0 Å². The van der Waals surface area contributed by atoms with E-state index in [1.165, 1.54) is 0 Å². The largest absolute Gasteiger partial charge is 0.248 e. The second-order valence-corrected chi connectivity index (χ2v) is 1.56. The molecular weight excluding hydrogens is 112 g/mol. The fourth-order valence-electron chi connectivity index (χ4n) is 0.518. The minimum atomic E-state index is 1.71. The van der Waals surface area contributed by atoms with Crippen LogP contribution in [0.2, 0.25) is 0 Å². The molecule has 0 aliphatic rings. The predicted molar refractivity (Wildman–Crippen MR) is 37.8 cm³/mol. The van der Waals surface area contributed by atoms with Crippen molar-refractivity contribution in [3.05, 3.63) is 37.2 Å². The molecule has 0 atom stereocenters. The van der Waals surface area contributed by atoms with E-state index < -0.39 is 0 Å². The van der Waals surface area contributed by atoms with Crippen LogP contribution in [0, 0.1) is 0 Å². The lowest BCUT2D eigenvalue weighted by Crippen LogP contribution is -1.82. The van der Waals surface area contributed by atoms with Gasteiger partial charge in [0.1, 0.15) is 0 Å². The molecule has 2 heteroatoms. The lowest BCUT2D eigenvalue weighted by Gasteiger charge is -1.84. The molecule has 1 aromatic rings. The topological polar surface area (TPSA) is 17.8 Å². The lowest BCUT2D eigenvalue weighted by atomic mass is 10.6. The highest BCUT2D eigenvalue weighted by molar-refractivity contribution is 5.24. The maximum absolute atomic E-state index is 3.94. The van der Waals surface area contributed by atoms with E-state index in [9.17, 15) is 0 Å². The Labute approximate surface area is 54.1 Å². The van der Waals surface area contributed by atoms with E-state index in [-0.39, 0.29) is 0 Å². The van der Waals surface area contributed by atoms with Gasteiger partial charge in [-0.25, -0.2) is 4.68 Å². The maximum Gasteiger partial charge on any atom is 0.0493 e. The molecule has 0 aliphatic heterocycles. The Morgan fingerprint density at radius 3 is 3.00 bits per heavy atom. The Kier molecular flexibility index (Phi) is 1.85. The molecule has 0 aromatic carbocycles. The van der Waals surface area contributed by atoms with Crippen molar-refractivity contribution in [1.82, 2.24) is 9.78 Å². The van der Waals surface area contributed by atoms with Gasteiger partial charge in [0.2, 0.25) is 0 Å². The van der Waals surface area contributed by atoms with Gasteiger partial charge < -0.3 is 0 Å². The number of allylic oxidation sites excluding steroid dienone is 2. The Morgan fingerprint density at radius 1 is 1.56 bits per heavy atom. The molecule has 9 heavy (non-hydrogen) atoms. The monoisotopic (exact) mass is 120 g/mol. The van der Waals surface area contributed by atoms with Crippen LogP contribution >= 0.6 is 0 Å². The molecule has 0 radical (unpaired) electrons. The zero-order chi connectivity index (χ0) is 6.53. The number of nitrogens with zero attached hydrogens (tertiary/aromatic N) is 2. The molecule has 0 fully saturated rings. The van der Waals surface area contributed by atoms with Crippen LogP contribution in [0.4, 0.5) is 0 Å². The Hall–Kier alpha value is -1.31. The number of aromatic nitrogens is 2. The second kappa shape index (κ2) is 2.87. The molecule has 0 N–H and O–H groups in total. The standard InChI is InChI=1S/C7H8N2/c1-2-3-6-9-7-4-5-8-9/h2-7H,1H2/b6-3+. The van der Waals surface area contributed by atoms with Crippen molar-refractivity contribution >= 4 is 6.20 Å². The highest BCUT2D eigenvalue weighted by atomic mass is 15.2. The van der Waals surface area contributed by atoms with E-state index in [1.807, 2.05) is 24.5 Å². The van der Waals surface area contributed by atoms with Crippen LogP contribution in [-0.4, -0.2) is 9.78 Å². The summed E-state index contributed by atoms with van der Waals surface area (Å²) in [5.41, 5.74) is 0. The highest BCUT2D eigenvalue weighted by Crippen LogP contribution is 1.84. The van der Waals surface area contributed by atoms with Crippen LogP contribution in [0.3, 0.4) is 0 Å². The zero-order valence-electron chi connectivity index (χ0n) is 5.07. The molecule has 0 amide bonds.